The SMILES string of the molecule is CC[S+](NC1CCN(C(=O)C(C)(C)O)[C@H]1Cc1cccc(-c2cccc(Cl)c2)c1)OC. The van der Waals surface area contributed by atoms with Crippen LogP contribution in [-0.4, -0.2) is 53.0 Å². The predicted octanol–water partition coefficient (Wildman–Crippen LogP) is 3.99. The highest BCUT2D eigenvalue weighted by Crippen LogP contribution is 2.28. The summed E-state index contributed by atoms with van der Waals surface area (Å²) in [5.74, 6) is 0.630. The molecule has 2 unspecified atom stereocenters. The molecule has 1 heterocycles. The summed E-state index contributed by atoms with van der Waals surface area (Å²) < 4.78 is 9.15. The first-order chi connectivity index (χ1) is 14.7. The summed E-state index contributed by atoms with van der Waals surface area (Å²) in [6.45, 7) is 5.80. The molecular formula is C24H32ClN2O3S+. The first-order valence-electron chi connectivity index (χ1n) is 10.6. The van der Waals surface area contributed by atoms with Crippen LogP contribution >= 0.6 is 11.6 Å². The molecule has 0 bridgehead atoms. The molecule has 1 amide bonds. The van der Waals surface area contributed by atoms with E-state index in [1.165, 1.54) is 0 Å². The minimum Gasteiger partial charge on any atom is -0.381 e. The second-order valence-corrected chi connectivity index (χ2v) is 10.6. The fraction of sp³-hybridized carbons (Fsp3) is 0.458. The highest BCUT2D eigenvalue weighted by molar-refractivity contribution is 7.90. The molecule has 31 heavy (non-hydrogen) atoms. The summed E-state index contributed by atoms with van der Waals surface area (Å²) in [7, 11) is 1.71. The van der Waals surface area contributed by atoms with Gasteiger partial charge in [0.05, 0.1) is 19.2 Å². The van der Waals surface area contributed by atoms with Gasteiger partial charge in [-0.2, -0.15) is 4.18 Å². The van der Waals surface area contributed by atoms with Crippen molar-refractivity contribution in [3.8, 4) is 11.1 Å². The van der Waals surface area contributed by atoms with Gasteiger partial charge in [-0.1, -0.05) is 48.0 Å². The molecule has 1 fully saturated rings. The minimum atomic E-state index is -1.40. The molecule has 0 spiro atoms. The van der Waals surface area contributed by atoms with E-state index >= 15 is 0 Å². The first-order valence-corrected chi connectivity index (χ1v) is 12.3. The van der Waals surface area contributed by atoms with Crippen LogP contribution in [0, 0.1) is 0 Å². The van der Waals surface area contributed by atoms with Gasteiger partial charge in [0.1, 0.15) is 5.60 Å². The Morgan fingerprint density at radius 3 is 2.55 bits per heavy atom. The minimum absolute atomic E-state index is 0.0646. The largest absolute Gasteiger partial charge is 0.381 e. The Bertz CT molecular complexity index is 898. The highest BCUT2D eigenvalue weighted by Gasteiger charge is 2.44. The molecule has 0 aromatic heterocycles. The van der Waals surface area contributed by atoms with Crippen LogP contribution in [0.2, 0.25) is 5.02 Å². The number of benzene rings is 2. The number of carbonyl (C=O) groups excluding carboxylic acids is 1. The number of aliphatic hydroxyl groups is 1. The quantitative estimate of drug-likeness (QED) is 0.581. The number of hydrogen-bond donors (Lipinski definition) is 2. The zero-order valence-electron chi connectivity index (χ0n) is 18.6. The maximum absolute atomic E-state index is 13.0. The van der Waals surface area contributed by atoms with Crippen molar-refractivity contribution in [2.24, 2.45) is 0 Å². The monoisotopic (exact) mass is 463 g/mol. The fourth-order valence-corrected chi connectivity index (χ4v) is 5.35. The summed E-state index contributed by atoms with van der Waals surface area (Å²) in [6, 6.07) is 16.2. The number of likely N-dealkylation sites (tertiary alicyclic amines) is 1. The Hall–Kier alpha value is -1.57. The maximum Gasteiger partial charge on any atom is 0.254 e. The lowest BCUT2D eigenvalue weighted by atomic mass is 9.96. The molecule has 5 nitrogen and oxygen atoms in total. The molecular weight excluding hydrogens is 432 g/mol. The van der Waals surface area contributed by atoms with Gasteiger partial charge in [0, 0.05) is 11.6 Å². The second-order valence-electron chi connectivity index (χ2n) is 8.35. The Kier molecular flexibility index (Phi) is 8.05. The zero-order chi connectivity index (χ0) is 22.6. The number of nitrogens with one attached hydrogen (secondary N) is 1. The van der Waals surface area contributed by atoms with E-state index in [0.29, 0.717) is 18.0 Å². The normalized spacial score (nSPS) is 20.1. The second kappa shape index (κ2) is 10.4. The van der Waals surface area contributed by atoms with Gasteiger partial charge in [-0.3, -0.25) is 4.79 Å². The van der Waals surface area contributed by atoms with E-state index in [-0.39, 0.29) is 29.4 Å². The van der Waals surface area contributed by atoms with Crippen molar-refractivity contribution >= 4 is 28.9 Å². The topological polar surface area (TPSA) is 61.8 Å². The highest BCUT2D eigenvalue weighted by atomic mass is 35.5. The van der Waals surface area contributed by atoms with E-state index in [1.807, 2.05) is 35.2 Å². The summed E-state index contributed by atoms with van der Waals surface area (Å²) in [4.78, 5) is 14.8. The molecule has 3 atom stereocenters. The van der Waals surface area contributed by atoms with E-state index in [2.05, 4.69) is 29.8 Å². The molecule has 0 radical (unpaired) electrons. The fourth-order valence-electron chi connectivity index (χ4n) is 4.05. The summed E-state index contributed by atoms with van der Waals surface area (Å²) in [6.07, 6.45) is 1.52. The van der Waals surface area contributed by atoms with E-state index in [1.54, 1.807) is 21.0 Å². The molecule has 168 valence electrons. The first kappa shape index (κ1) is 24.1. The lowest BCUT2D eigenvalue weighted by Crippen LogP contribution is -2.53. The van der Waals surface area contributed by atoms with Crippen LogP contribution in [0.15, 0.2) is 48.5 Å². The van der Waals surface area contributed by atoms with E-state index in [9.17, 15) is 9.90 Å². The molecule has 1 aliphatic rings. The Balaban J connectivity index is 1.88. The van der Waals surface area contributed by atoms with Crippen molar-refractivity contribution in [3.63, 3.8) is 0 Å². The summed E-state index contributed by atoms with van der Waals surface area (Å²) >= 11 is 5.82. The third-order valence-electron chi connectivity index (χ3n) is 5.61. The molecule has 3 rings (SSSR count). The Morgan fingerprint density at radius 2 is 1.94 bits per heavy atom. The number of carbonyl (C=O) groups is 1. The zero-order valence-corrected chi connectivity index (χ0v) is 20.2. The van der Waals surface area contributed by atoms with Crippen molar-refractivity contribution in [1.82, 2.24) is 9.62 Å². The van der Waals surface area contributed by atoms with Gasteiger partial charge < -0.3 is 10.0 Å². The van der Waals surface area contributed by atoms with Crippen molar-refractivity contribution in [1.29, 1.82) is 0 Å². The smallest absolute Gasteiger partial charge is 0.254 e. The predicted molar refractivity (Wildman–Crippen MR) is 129 cm³/mol. The van der Waals surface area contributed by atoms with Crippen LogP contribution in [0.5, 0.6) is 0 Å². The summed E-state index contributed by atoms with van der Waals surface area (Å²) in [5, 5.41) is 11.1. The average molecular weight is 464 g/mol. The molecule has 0 aliphatic carbocycles. The van der Waals surface area contributed by atoms with Gasteiger partial charge in [-0.05, 0) is 62.4 Å². The van der Waals surface area contributed by atoms with Gasteiger partial charge in [-0.25, -0.2) is 0 Å². The average Bonchev–Trinajstić information content (AvgIpc) is 3.12. The standard InChI is InChI=1S/C24H32ClN2O3S/c1-5-31(30-4)26-21-12-13-27(23(28)24(2,3)29)22(21)15-17-8-6-9-18(14-17)19-10-7-11-20(25)16-19/h6-11,14,16,21-22,26,29H,5,12-13,15H2,1-4H3/q+1/t21?,22-,31?/m0/s1. The number of amides is 1. The number of nitrogens with zero attached hydrogens (tertiary/aromatic N) is 1. The van der Waals surface area contributed by atoms with Crippen LogP contribution in [0.1, 0.15) is 32.8 Å². The molecule has 2 aromatic carbocycles. The molecule has 1 aliphatic heterocycles. The molecule has 7 heteroatoms. The van der Waals surface area contributed by atoms with E-state index in [0.717, 1.165) is 28.9 Å². The molecule has 2 N–H and O–H groups in total. The van der Waals surface area contributed by atoms with Crippen molar-refractivity contribution in [2.45, 2.75) is 51.3 Å². The van der Waals surface area contributed by atoms with Crippen LogP contribution in [-0.2, 0) is 26.8 Å². The number of hydrogen-bond acceptors (Lipinski definition) is 4. The van der Waals surface area contributed by atoms with E-state index in [4.69, 9.17) is 15.8 Å². The van der Waals surface area contributed by atoms with Crippen molar-refractivity contribution in [3.05, 3.63) is 59.1 Å². The number of rotatable bonds is 8. The van der Waals surface area contributed by atoms with Crippen molar-refractivity contribution in [2.75, 3.05) is 19.4 Å². The van der Waals surface area contributed by atoms with Gasteiger partial charge in [0.15, 0.2) is 5.75 Å². The summed E-state index contributed by atoms with van der Waals surface area (Å²) in [5.41, 5.74) is 1.89. The van der Waals surface area contributed by atoms with Crippen molar-refractivity contribution < 1.29 is 14.1 Å². The third-order valence-corrected chi connectivity index (χ3v) is 7.33. The van der Waals surface area contributed by atoms with E-state index < -0.39 is 5.60 Å². The molecule has 0 saturated carbocycles. The Labute approximate surface area is 193 Å². The van der Waals surface area contributed by atoms with Gasteiger partial charge >= 0.3 is 0 Å². The van der Waals surface area contributed by atoms with Gasteiger partial charge in [0.2, 0.25) is 11.4 Å². The van der Waals surface area contributed by atoms with Gasteiger partial charge in [0.25, 0.3) is 5.91 Å². The van der Waals surface area contributed by atoms with Gasteiger partial charge in [-0.15, -0.1) is 4.72 Å². The van der Waals surface area contributed by atoms with Crippen LogP contribution in [0.4, 0.5) is 0 Å². The number of halogens is 1. The maximum atomic E-state index is 13.0. The molecule has 1 saturated heterocycles. The lowest BCUT2D eigenvalue weighted by molar-refractivity contribution is -0.148. The third kappa shape index (κ3) is 6.02. The van der Waals surface area contributed by atoms with Crippen LogP contribution in [0.25, 0.3) is 11.1 Å². The Morgan fingerprint density at radius 1 is 1.26 bits per heavy atom. The van der Waals surface area contributed by atoms with Crippen LogP contribution in [0.3, 0.4) is 0 Å². The van der Waals surface area contributed by atoms with Crippen LogP contribution < -0.4 is 4.72 Å². The lowest BCUT2D eigenvalue weighted by Gasteiger charge is -2.32. The molecule has 2 aromatic rings.